The third-order valence-corrected chi connectivity index (χ3v) is 3.59. The second kappa shape index (κ2) is 8.68. The van der Waals surface area contributed by atoms with Gasteiger partial charge < -0.3 is 15.4 Å². The number of amides is 2. The van der Waals surface area contributed by atoms with Gasteiger partial charge in [-0.05, 0) is 39.2 Å². The molecule has 132 valence electrons. The second-order valence-electron chi connectivity index (χ2n) is 6.07. The first-order valence-corrected chi connectivity index (χ1v) is 8.70. The highest BCUT2D eigenvalue weighted by Crippen LogP contribution is 2.24. The summed E-state index contributed by atoms with van der Waals surface area (Å²) in [5.74, 6) is -0.366. The van der Waals surface area contributed by atoms with Crippen LogP contribution in [0.4, 0.5) is 10.5 Å². The topological polar surface area (TPSA) is 87.5 Å². The molecule has 0 radical (unpaired) electrons. The molecule has 0 saturated carbocycles. The number of alkyl carbamates (subject to hydrolysis) is 1. The molecular weight excluding hydrogens is 330 g/mol. The molecule has 0 aromatic heterocycles. The van der Waals surface area contributed by atoms with Crippen LogP contribution in [0.15, 0.2) is 23.1 Å². The predicted molar refractivity (Wildman–Crippen MR) is 94.0 cm³/mol. The normalized spacial score (nSPS) is 10.9. The molecule has 0 aliphatic rings. The standard InChI is InChI=1S/C16H23N3O4S/c1-16(2,3)23-15(21)18-9-8-17-14(20)12-10-11(24-5)6-7-13(12)19(4)22/h6-7,10H,8-9H2,1-5H3,(H-,17,18,20,21)/p+1. The van der Waals surface area contributed by atoms with Crippen LogP contribution in [0.5, 0.6) is 0 Å². The number of carbonyl (C=O) groups is 2. The van der Waals surface area contributed by atoms with E-state index < -0.39 is 11.7 Å². The van der Waals surface area contributed by atoms with Crippen LogP contribution in [0.25, 0.3) is 0 Å². The average Bonchev–Trinajstić information content (AvgIpc) is 2.48. The Morgan fingerprint density at radius 3 is 2.38 bits per heavy atom. The fourth-order valence-electron chi connectivity index (χ4n) is 1.85. The van der Waals surface area contributed by atoms with Crippen LogP contribution in [-0.2, 0) is 4.74 Å². The number of nitrogens with zero attached hydrogens (tertiary/aromatic N) is 1. The Morgan fingerprint density at radius 2 is 1.83 bits per heavy atom. The summed E-state index contributed by atoms with van der Waals surface area (Å²) in [7, 11) is 1.34. The molecule has 0 atom stereocenters. The molecule has 0 unspecified atom stereocenters. The van der Waals surface area contributed by atoms with Gasteiger partial charge in [-0.25, -0.2) is 4.79 Å². The van der Waals surface area contributed by atoms with Crippen molar-refractivity contribution in [3.05, 3.63) is 28.7 Å². The van der Waals surface area contributed by atoms with Crippen molar-refractivity contribution in [1.29, 1.82) is 0 Å². The number of nitroso groups, excluding NO2 is 1. The minimum Gasteiger partial charge on any atom is -0.444 e. The van der Waals surface area contributed by atoms with E-state index in [-0.39, 0.29) is 19.0 Å². The summed E-state index contributed by atoms with van der Waals surface area (Å²) in [5.41, 5.74) is 0.0289. The molecule has 8 heteroatoms. The van der Waals surface area contributed by atoms with E-state index in [2.05, 4.69) is 10.6 Å². The van der Waals surface area contributed by atoms with Crippen molar-refractivity contribution < 1.29 is 19.1 Å². The van der Waals surface area contributed by atoms with Gasteiger partial charge in [-0.15, -0.1) is 11.8 Å². The molecule has 0 bridgehead atoms. The van der Waals surface area contributed by atoms with Crippen LogP contribution in [0.1, 0.15) is 31.1 Å². The van der Waals surface area contributed by atoms with Crippen molar-refractivity contribution in [1.82, 2.24) is 10.6 Å². The second-order valence-corrected chi connectivity index (χ2v) is 6.94. The first-order chi connectivity index (χ1) is 11.1. The Morgan fingerprint density at radius 1 is 1.21 bits per heavy atom. The molecule has 1 rings (SSSR count). The number of hydrogen-bond acceptors (Lipinski definition) is 5. The summed E-state index contributed by atoms with van der Waals surface area (Å²) in [6, 6.07) is 5.08. The van der Waals surface area contributed by atoms with Gasteiger partial charge in [-0.1, -0.05) is 0 Å². The molecule has 2 amide bonds. The van der Waals surface area contributed by atoms with Crippen molar-refractivity contribution in [2.45, 2.75) is 31.3 Å². The van der Waals surface area contributed by atoms with Gasteiger partial charge in [0.15, 0.2) is 7.05 Å². The third kappa shape index (κ3) is 6.57. The number of thioether (sulfide) groups is 1. The summed E-state index contributed by atoms with van der Waals surface area (Å²) in [6.07, 6.45) is 1.35. The van der Waals surface area contributed by atoms with Crippen LogP contribution in [0.2, 0.25) is 0 Å². The Bertz CT molecular complexity index is 626. The lowest BCUT2D eigenvalue weighted by Gasteiger charge is -2.19. The van der Waals surface area contributed by atoms with E-state index in [4.69, 9.17) is 4.74 Å². The summed E-state index contributed by atoms with van der Waals surface area (Å²) in [4.78, 5) is 36.3. The number of carbonyl (C=O) groups excluding carboxylic acids is 2. The zero-order valence-corrected chi connectivity index (χ0v) is 15.5. The molecular formula is C16H24N3O4S+. The predicted octanol–water partition coefficient (Wildman–Crippen LogP) is 2.70. The molecule has 0 heterocycles. The van der Waals surface area contributed by atoms with E-state index in [1.165, 1.54) is 18.8 Å². The molecule has 0 spiro atoms. The summed E-state index contributed by atoms with van der Waals surface area (Å²) in [5, 5.41) is 5.23. The Balaban J connectivity index is 2.60. The average molecular weight is 354 g/mol. The fourth-order valence-corrected chi connectivity index (χ4v) is 2.29. The number of hydrogen-bond donors (Lipinski definition) is 2. The van der Waals surface area contributed by atoms with Crippen LogP contribution < -0.4 is 10.6 Å². The van der Waals surface area contributed by atoms with Gasteiger partial charge in [-0.2, -0.15) is 0 Å². The summed E-state index contributed by atoms with van der Waals surface area (Å²) >= 11 is 1.48. The molecule has 0 fully saturated rings. The Labute approximate surface area is 146 Å². The summed E-state index contributed by atoms with van der Waals surface area (Å²) in [6.45, 7) is 5.77. The van der Waals surface area contributed by atoms with Crippen molar-refractivity contribution >= 4 is 29.4 Å². The maximum absolute atomic E-state index is 12.3. The first kappa shape index (κ1) is 20.0. The highest BCUT2D eigenvalue weighted by molar-refractivity contribution is 7.98. The molecule has 1 aromatic rings. The van der Waals surface area contributed by atoms with Crippen molar-refractivity contribution in [2.24, 2.45) is 0 Å². The van der Waals surface area contributed by atoms with Gasteiger partial charge in [0.2, 0.25) is 0 Å². The zero-order valence-electron chi connectivity index (χ0n) is 14.6. The largest absolute Gasteiger partial charge is 0.444 e. The molecule has 0 aliphatic heterocycles. The van der Waals surface area contributed by atoms with E-state index in [9.17, 15) is 14.5 Å². The van der Waals surface area contributed by atoms with E-state index in [1.54, 1.807) is 39.0 Å². The van der Waals surface area contributed by atoms with Gasteiger partial charge in [0, 0.05) is 33.7 Å². The van der Waals surface area contributed by atoms with Crippen molar-refractivity contribution in [3.63, 3.8) is 0 Å². The van der Waals surface area contributed by atoms with E-state index >= 15 is 0 Å². The summed E-state index contributed by atoms with van der Waals surface area (Å²) < 4.78 is 5.75. The SMILES string of the molecule is CSc1ccc([N+](C)=O)c(C(=O)NCCNC(=O)OC(C)(C)C)c1. The van der Waals surface area contributed by atoms with Gasteiger partial charge >= 0.3 is 6.09 Å². The molecule has 7 nitrogen and oxygen atoms in total. The molecule has 2 N–H and O–H groups in total. The minimum atomic E-state index is -0.570. The zero-order chi connectivity index (χ0) is 18.3. The van der Waals surface area contributed by atoms with Crippen LogP contribution >= 0.6 is 11.8 Å². The fraction of sp³-hybridized carbons (Fsp3) is 0.500. The van der Waals surface area contributed by atoms with Crippen LogP contribution in [0.3, 0.4) is 0 Å². The van der Waals surface area contributed by atoms with Crippen molar-refractivity contribution in [3.8, 4) is 0 Å². The third-order valence-electron chi connectivity index (χ3n) is 2.87. The molecule has 1 aromatic carbocycles. The van der Waals surface area contributed by atoms with E-state index in [0.29, 0.717) is 16.0 Å². The highest BCUT2D eigenvalue weighted by atomic mass is 32.2. The minimum absolute atomic E-state index is 0.226. The smallest absolute Gasteiger partial charge is 0.407 e. The van der Waals surface area contributed by atoms with Crippen LogP contribution in [-0.4, -0.2) is 48.8 Å². The Hall–Kier alpha value is -2.09. The number of rotatable bonds is 6. The lowest BCUT2D eigenvalue weighted by Crippen LogP contribution is -2.38. The molecule has 0 aliphatic carbocycles. The Kier molecular flexibility index (Phi) is 7.21. The number of ether oxygens (including phenoxy) is 1. The van der Waals surface area contributed by atoms with Gasteiger partial charge in [0.1, 0.15) is 11.2 Å². The van der Waals surface area contributed by atoms with E-state index in [0.717, 1.165) is 4.90 Å². The van der Waals surface area contributed by atoms with Gasteiger partial charge in [-0.3, -0.25) is 4.79 Å². The lowest BCUT2D eigenvalue weighted by atomic mass is 10.1. The molecule has 24 heavy (non-hydrogen) atoms. The first-order valence-electron chi connectivity index (χ1n) is 7.48. The van der Waals surface area contributed by atoms with Gasteiger partial charge in [0.05, 0.1) is 0 Å². The maximum Gasteiger partial charge on any atom is 0.407 e. The highest BCUT2D eigenvalue weighted by Gasteiger charge is 2.21. The van der Waals surface area contributed by atoms with Gasteiger partial charge in [0.25, 0.3) is 11.6 Å². The number of benzene rings is 1. The van der Waals surface area contributed by atoms with Crippen molar-refractivity contribution in [2.75, 3.05) is 26.4 Å². The molecule has 0 saturated heterocycles. The lowest BCUT2D eigenvalue weighted by molar-refractivity contribution is -0.428. The quantitative estimate of drug-likeness (QED) is 0.466. The number of nitrogens with one attached hydrogen (secondary N) is 2. The van der Waals surface area contributed by atoms with Crippen LogP contribution in [0, 0.1) is 4.91 Å². The van der Waals surface area contributed by atoms with E-state index in [1.807, 2.05) is 6.26 Å². The monoisotopic (exact) mass is 354 g/mol. The maximum atomic E-state index is 12.3.